The molecule has 0 saturated heterocycles. The van der Waals surface area contributed by atoms with Crippen LogP contribution in [0.3, 0.4) is 0 Å². The molecule has 1 aromatic heterocycles. The standard InChI is InChI=1S/C52H38O/c1-52(2,3)46-24-12-23-45-50-40(22-13-25-47(50)53-51(45)46)38-16-6-7-17-39(38)49-43-20-10-8-18-41(43)48(42-19-9-11-21-44(42)49)35-29-26-34(27-30-35)37-31-28-33-14-4-5-15-36(33)32-37/h4-32H,1-3H3/i4D. The quantitative estimate of drug-likeness (QED) is 0.169. The van der Waals surface area contributed by atoms with Crippen molar-refractivity contribution >= 4 is 54.3 Å². The topological polar surface area (TPSA) is 13.1 Å². The third kappa shape index (κ3) is 5.07. The Morgan fingerprint density at radius 1 is 0.434 bits per heavy atom. The molecule has 53 heavy (non-hydrogen) atoms. The van der Waals surface area contributed by atoms with Crippen LogP contribution in [0.15, 0.2) is 180 Å². The maximum absolute atomic E-state index is 8.00. The fraction of sp³-hybridized carbons (Fsp3) is 0.0769. The van der Waals surface area contributed by atoms with Gasteiger partial charge in [-0.1, -0.05) is 185 Å². The summed E-state index contributed by atoms with van der Waals surface area (Å²) in [6, 6.07) is 61.6. The van der Waals surface area contributed by atoms with Gasteiger partial charge >= 0.3 is 0 Å². The zero-order valence-electron chi connectivity index (χ0n) is 31.1. The Balaban J connectivity index is 1.18. The summed E-state index contributed by atoms with van der Waals surface area (Å²) in [5.41, 5.74) is 12.6. The number of benzene rings is 9. The smallest absolute Gasteiger partial charge is 0.139 e. The lowest BCUT2D eigenvalue weighted by Crippen LogP contribution is -2.10. The van der Waals surface area contributed by atoms with E-state index in [2.05, 4.69) is 172 Å². The molecule has 0 saturated carbocycles. The van der Waals surface area contributed by atoms with Gasteiger partial charge in [0.2, 0.25) is 0 Å². The number of hydrogen-bond donors (Lipinski definition) is 0. The zero-order valence-corrected chi connectivity index (χ0v) is 30.1. The van der Waals surface area contributed by atoms with E-state index in [-0.39, 0.29) is 5.41 Å². The van der Waals surface area contributed by atoms with Crippen LogP contribution in [0.1, 0.15) is 27.7 Å². The van der Waals surface area contributed by atoms with Gasteiger partial charge in [0.05, 0.1) is 1.37 Å². The Morgan fingerprint density at radius 2 is 1.02 bits per heavy atom. The Bertz CT molecular complexity index is 3030. The summed E-state index contributed by atoms with van der Waals surface area (Å²) in [6.45, 7) is 6.75. The third-order valence-electron chi connectivity index (χ3n) is 10.9. The normalized spacial score (nSPS) is 12.3. The van der Waals surface area contributed by atoms with E-state index >= 15 is 0 Å². The predicted octanol–water partition coefficient (Wildman–Crippen LogP) is 15.0. The Kier molecular flexibility index (Phi) is 6.88. The fourth-order valence-corrected chi connectivity index (χ4v) is 8.46. The van der Waals surface area contributed by atoms with E-state index in [1.54, 1.807) is 0 Å². The second-order valence-electron chi connectivity index (χ2n) is 15.2. The van der Waals surface area contributed by atoms with E-state index in [1.165, 1.54) is 71.6 Å². The van der Waals surface area contributed by atoms with Crippen molar-refractivity contribution in [2.24, 2.45) is 0 Å². The number of hydrogen-bond acceptors (Lipinski definition) is 1. The van der Waals surface area contributed by atoms with Gasteiger partial charge in [-0.05, 0) is 94.4 Å². The molecule has 1 heteroatoms. The van der Waals surface area contributed by atoms with Crippen LogP contribution in [0.2, 0.25) is 0 Å². The first-order valence-corrected chi connectivity index (χ1v) is 18.4. The molecule has 0 amide bonds. The monoisotopic (exact) mass is 679 g/mol. The van der Waals surface area contributed by atoms with Gasteiger partial charge in [-0.15, -0.1) is 0 Å². The molecule has 0 radical (unpaired) electrons. The van der Waals surface area contributed by atoms with Crippen molar-refractivity contribution in [2.75, 3.05) is 0 Å². The molecule has 252 valence electrons. The summed E-state index contributed by atoms with van der Waals surface area (Å²) in [6.07, 6.45) is 0. The molecule has 10 rings (SSSR count). The van der Waals surface area contributed by atoms with Crippen LogP contribution in [-0.4, -0.2) is 0 Å². The Labute approximate surface area is 311 Å². The van der Waals surface area contributed by atoms with Crippen molar-refractivity contribution in [1.29, 1.82) is 0 Å². The van der Waals surface area contributed by atoms with E-state index < -0.39 is 0 Å². The first-order valence-electron chi connectivity index (χ1n) is 18.9. The van der Waals surface area contributed by atoms with Crippen molar-refractivity contribution in [1.82, 2.24) is 0 Å². The minimum Gasteiger partial charge on any atom is -0.456 e. The van der Waals surface area contributed by atoms with Gasteiger partial charge in [-0.25, -0.2) is 0 Å². The molecule has 0 atom stereocenters. The number of furan rings is 1. The average Bonchev–Trinajstić information content (AvgIpc) is 3.59. The third-order valence-corrected chi connectivity index (χ3v) is 10.9. The van der Waals surface area contributed by atoms with Crippen molar-refractivity contribution in [3.8, 4) is 44.5 Å². The van der Waals surface area contributed by atoms with Gasteiger partial charge in [0.15, 0.2) is 0 Å². The summed E-state index contributed by atoms with van der Waals surface area (Å²) >= 11 is 0. The van der Waals surface area contributed by atoms with Crippen molar-refractivity contribution in [3.63, 3.8) is 0 Å². The van der Waals surface area contributed by atoms with E-state index in [0.29, 0.717) is 6.04 Å². The predicted molar refractivity (Wildman–Crippen MR) is 227 cm³/mol. The van der Waals surface area contributed by atoms with Crippen molar-refractivity contribution in [2.45, 2.75) is 26.2 Å². The van der Waals surface area contributed by atoms with E-state index in [0.717, 1.165) is 32.7 Å². The van der Waals surface area contributed by atoms with Crippen LogP contribution >= 0.6 is 0 Å². The van der Waals surface area contributed by atoms with Crippen LogP contribution in [0.5, 0.6) is 0 Å². The Hall–Kier alpha value is -6.44. The zero-order chi connectivity index (χ0) is 36.6. The van der Waals surface area contributed by atoms with Gasteiger partial charge in [0, 0.05) is 16.3 Å². The molecule has 0 unspecified atom stereocenters. The van der Waals surface area contributed by atoms with E-state index in [4.69, 9.17) is 5.79 Å². The summed E-state index contributed by atoms with van der Waals surface area (Å²) in [5, 5.41) is 9.46. The summed E-state index contributed by atoms with van der Waals surface area (Å²) in [5.74, 6) is 0. The second-order valence-corrected chi connectivity index (χ2v) is 15.2. The van der Waals surface area contributed by atoms with Crippen LogP contribution in [0.25, 0.3) is 98.8 Å². The highest BCUT2D eigenvalue weighted by atomic mass is 16.3. The maximum Gasteiger partial charge on any atom is 0.139 e. The van der Waals surface area contributed by atoms with Gasteiger partial charge in [-0.2, -0.15) is 0 Å². The highest BCUT2D eigenvalue weighted by molar-refractivity contribution is 6.23. The molecule has 9 aromatic carbocycles. The van der Waals surface area contributed by atoms with Crippen LogP contribution in [-0.2, 0) is 5.41 Å². The maximum atomic E-state index is 8.00. The minimum atomic E-state index is -0.0463. The van der Waals surface area contributed by atoms with E-state index in [1.807, 2.05) is 18.2 Å². The highest BCUT2D eigenvalue weighted by Gasteiger charge is 2.24. The first-order chi connectivity index (χ1) is 26.3. The van der Waals surface area contributed by atoms with Gasteiger partial charge in [0.25, 0.3) is 0 Å². The molecule has 0 spiro atoms. The highest BCUT2D eigenvalue weighted by Crippen LogP contribution is 2.48. The largest absolute Gasteiger partial charge is 0.456 e. The second kappa shape index (κ2) is 12.1. The van der Waals surface area contributed by atoms with Crippen LogP contribution < -0.4 is 0 Å². The van der Waals surface area contributed by atoms with Crippen molar-refractivity contribution < 1.29 is 5.79 Å². The lowest BCUT2D eigenvalue weighted by Gasteiger charge is -2.20. The van der Waals surface area contributed by atoms with Crippen LogP contribution in [0, 0.1) is 0 Å². The molecular formula is C52H38O. The molecule has 0 aliphatic heterocycles. The van der Waals surface area contributed by atoms with Gasteiger partial charge in [-0.3, -0.25) is 0 Å². The molecule has 0 aliphatic carbocycles. The molecule has 0 fully saturated rings. The molecule has 1 nitrogen and oxygen atoms in total. The molecule has 0 bridgehead atoms. The van der Waals surface area contributed by atoms with Crippen molar-refractivity contribution in [3.05, 3.63) is 181 Å². The SMILES string of the molecule is [2H]c1ccc2cc(-c3ccc(-c4c5ccccc5c(-c5ccccc5-c5cccc6oc7c(C(C)(C)C)cccc7c56)c5ccccc45)cc3)ccc2c1. The lowest BCUT2D eigenvalue weighted by molar-refractivity contribution is 0.573. The summed E-state index contributed by atoms with van der Waals surface area (Å²) in [7, 11) is 0. The molecule has 1 heterocycles. The van der Waals surface area contributed by atoms with E-state index in [9.17, 15) is 0 Å². The lowest BCUT2D eigenvalue weighted by atomic mass is 9.83. The van der Waals surface area contributed by atoms with Gasteiger partial charge in [0.1, 0.15) is 11.2 Å². The van der Waals surface area contributed by atoms with Crippen LogP contribution in [0.4, 0.5) is 0 Å². The first kappa shape index (κ1) is 30.2. The Morgan fingerprint density at radius 3 is 1.74 bits per heavy atom. The summed E-state index contributed by atoms with van der Waals surface area (Å²) < 4.78 is 14.7. The van der Waals surface area contributed by atoms with Gasteiger partial charge < -0.3 is 4.42 Å². The molecule has 10 aromatic rings. The number of rotatable bonds is 4. The number of fused-ring (bicyclic) bond motifs is 6. The summed E-state index contributed by atoms with van der Waals surface area (Å²) in [4.78, 5) is 0. The molecule has 0 N–H and O–H groups in total. The average molecular weight is 680 g/mol. The fourth-order valence-electron chi connectivity index (χ4n) is 8.46. The number of para-hydroxylation sites is 1. The minimum absolute atomic E-state index is 0.0463. The molecular weight excluding hydrogens is 641 g/mol. The molecule has 0 aliphatic rings.